The van der Waals surface area contributed by atoms with Crippen molar-refractivity contribution in [3.8, 4) is 0 Å². The number of esters is 2. The van der Waals surface area contributed by atoms with Crippen molar-refractivity contribution in [1.29, 1.82) is 0 Å². The van der Waals surface area contributed by atoms with Gasteiger partial charge in [-0.15, -0.1) is 0 Å². The minimum Gasteiger partial charge on any atom is -0.466 e. The number of rotatable bonds is 28. The summed E-state index contributed by atoms with van der Waals surface area (Å²) in [4.78, 5) is 23.2. The average Bonchev–Trinajstić information content (AvgIpc) is 2.86. The number of carbonyl (C=O) groups is 2. The van der Waals surface area contributed by atoms with Crippen molar-refractivity contribution >= 4 is 11.9 Å². The van der Waals surface area contributed by atoms with Crippen molar-refractivity contribution in [3.05, 3.63) is 0 Å². The van der Waals surface area contributed by atoms with Gasteiger partial charge in [-0.05, 0) is 12.8 Å². The molecule has 0 unspecified atom stereocenters. The van der Waals surface area contributed by atoms with E-state index in [0.29, 0.717) is 13.2 Å². The molecule has 208 valence electrons. The van der Waals surface area contributed by atoms with E-state index in [1.807, 2.05) is 0 Å². The fourth-order valence-electron chi connectivity index (χ4n) is 4.43. The van der Waals surface area contributed by atoms with Crippen LogP contribution in [0.1, 0.15) is 174 Å². The van der Waals surface area contributed by atoms with Gasteiger partial charge in [0, 0.05) is 0 Å². The molecule has 0 aromatic rings. The molecule has 0 aromatic heterocycles. The molecule has 0 heterocycles. The van der Waals surface area contributed by atoms with Gasteiger partial charge in [0.2, 0.25) is 0 Å². The third-order valence-electron chi connectivity index (χ3n) is 6.81. The Hall–Kier alpha value is -1.06. The lowest BCUT2D eigenvalue weighted by atomic mass is 10.0. The van der Waals surface area contributed by atoms with Crippen LogP contribution in [0.3, 0.4) is 0 Å². The van der Waals surface area contributed by atoms with Gasteiger partial charge in [-0.2, -0.15) is 0 Å². The van der Waals surface area contributed by atoms with Crippen molar-refractivity contribution in [3.63, 3.8) is 0 Å². The summed E-state index contributed by atoms with van der Waals surface area (Å²) >= 11 is 0. The molecule has 0 N–H and O–H groups in total. The third-order valence-corrected chi connectivity index (χ3v) is 6.81. The van der Waals surface area contributed by atoms with Gasteiger partial charge >= 0.3 is 11.9 Å². The number of hydrogen-bond acceptors (Lipinski definition) is 4. The van der Waals surface area contributed by atoms with Gasteiger partial charge in [0.25, 0.3) is 0 Å². The van der Waals surface area contributed by atoms with Crippen molar-refractivity contribution in [2.45, 2.75) is 174 Å². The van der Waals surface area contributed by atoms with Gasteiger partial charge in [0.05, 0.1) is 26.1 Å². The maximum absolute atomic E-state index is 11.7. The lowest BCUT2D eigenvalue weighted by molar-refractivity contribution is -0.150. The maximum Gasteiger partial charge on any atom is 0.306 e. The summed E-state index contributed by atoms with van der Waals surface area (Å²) in [5, 5.41) is 0. The number of carbonyl (C=O) groups excluding carboxylic acids is 2. The van der Waals surface area contributed by atoms with E-state index in [1.165, 1.54) is 116 Å². The van der Waals surface area contributed by atoms with Crippen LogP contribution in [0, 0.1) is 0 Å². The number of ether oxygens (including phenoxy) is 2. The predicted octanol–water partition coefficient (Wildman–Crippen LogP) is 9.87. The topological polar surface area (TPSA) is 52.6 Å². The van der Waals surface area contributed by atoms with Crippen molar-refractivity contribution < 1.29 is 19.1 Å². The Bertz CT molecular complexity index is 449. The van der Waals surface area contributed by atoms with Gasteiger partial charge in [0.15, 0.2) is 0 Å². The van der Waals surface area contributed by atoms with E-state index in [2.05, 4.69) is 13.8 Å². The Kier molecular flexibility index (Phi) is 28.3. The second kappa shape index (κ2) is 29.2. The van der Waals surface area contributed by atoms with Crippen LogP contribution in [0.15, 0.2) is 0 Å². The van der Waals surface area contributed by atoms with E-state index in [-0.39, 0.29) is 24.8 Å². The molecule has 0 aliphatic rings. The normalized spacial score (nSPS) is 11.0. The van der Waals surface area contributed by atoms with E-state index < -0.39 is 0 Å². The highest BCUT2D eigenvalue weighted by molar-refractivity contribution is 5.77. The molecule has 35 heavy (non-hydrogen) atoms. The van der Waals surface area contributed by atoms with Crippen LogP contribution >= 0.6 is 0 Å². The first kappa shape index (κ1) is 33.9. The highest BCUT2D eigenvalue weighted by atomic mass is 16.5. The van der Waals surface area contributed by atoms with Gasteiger partial charge in [0.1, 0.15) is 0 Å². The Morgan fingerprint density at radius 3 is 0.914 bits per heavy atom. The maximum atomic E-state index is 11.7. The van der Waals surface area contributed by atoms with E-state index in [0.717, 1.165) is 32.1 Å². The molecular formula is C31H60O4. The van der Waals surface area contributed by atoms with E-state index in [9.17, 15) is 9.59 Å². The second-order valence-corrected chi connectivity index (χ2v) is 10.4. The molecule has 0 fully saturated rings. The zero-order chi connectivity index (χ0) is 25.7. The van der Waals surface area contributed by atoms with Crippen molar-refractivity contribution in [2.24, 2.45) is 0 Å². The van der Waals surface area contributed by atoms with E-state index in [4.69, 9.17) is 9.47 Å². The Balaban J connectivity index is 3.19. The van der Waals surface area contributed by atoms with Crippen LogP contribution < -0.4 is 0 Å². The third kappa shape index (κ3) is 29.1. The molecule has 0 spiro atoms. The molecule has 4 heteroatoms. The molecule has 0 bridgehead atoms. The first-order chi connectivity index (χ1) is 17.2. The molecule has 0 aliphatic heterocycles. The monoisotopic (exact) mass is 496 g/mol. The van der Waals surface area contributed by atoms with E-state index >= 15 is 0 Å². The van der Waals surface area contributed by atoms with Crippen molar-refractivity contribution in [2.75, 3.05) is 13.2 Å². The fraction of sp³-hybridized carbons (Fsp3) is 0.935. The smallest absolute Gasteiger partial charge is 0.306 e. The Labute approximate surface area is 218 Å². The average molecular weight is 497 g/mol. The number of hydrogen-bond donors (Lipinski definition) is 0. The quantitative estimate of drug-likeness (QED) is 0.0798. The summed E-state index contributed by atoms with van der Waals surface area (Å²) in [5.41, 5.74) is 0. The molecule has 0 atom stereocenters. The van der Waals surface area contributed by atoms with Gasteiger partial charge < -0.3 is 9.47 Å². The zero-order valence-electron chi connectivity index (χ0n) is 23.7. The highest BCUT2D eigenvalue weighted by Gasteiger charge is 2.08. The minimum absolute atomic E-state index is 0.129. The molecule has 0 amide bonds. The number of unbranched alkanes of at least 4 members (excludes halogenated alkanes) is 21. The summed E-state index contributed by atoms with van der Waals surface area (Å²) in [6, 6.07) is 0. The standard InChI is InChI=1S/C31H60O4/c1-3-5-7-8-9-10-11-12-13-14-15-16-17-18-19-20-21-22-23-25-29-35-31(33)27-26-30(32)34-28-24-6-4-2/h3-29H2,1-2H3. The van der Waals surface area contributed by atoms with Crippen LogP contribution in [0.25, 0.3) is 0 Å². The SMILES string of the molecule is CCCCCCCCCCCCCCCCCCCCCCOC(=O)CCC(=O)OCCCCC. The molecule has 0 radical (unpaired) electrons. The van der Waals surface area contributed by atoms with Crippen LogP contribution in [0.4, 0.5) is 0 Å². The minimum atomic E-state index is -0.295. The Morgan fingerprint density at radius 1 is 0.371 bits per heavy atom. The van der Waals surface area contributed by atoms with Crippen molar-refractivity contribution in [1.82, 2.24) is 0 Å². The fourth-order valence-corrected chi connectivity index (χ4v) is 4.43. The molecule has 0 aromatic carbocycles. The molecule has 0 saturated carbocycles. The van der Waals surface area contributed by atoms with Crippen LogP contribution in [0.5, 0.6) is 0 Å². The first-order valence-corrected chi connectivity index (χ1v) is 15.5. The molecule has 0 saturated heterocycles. The largest absolute Gasteiger partial charge is 0.466 e. The molecule has 0 rings (SSSR count). The summed E-state index contributed by atoms with van der Waals surface area (Å²) in [6.45, 7) is 5.33. The Morgan fingerprint density at radius 2 is 0.600 bits per heavy atom. The predicted molar refractivity (Wildman–Crippen MR) is 149 cm³/mol. The van der Waals surface area contributed by atoms with E-state index in [1.54, 1.807) is 0 Å². The van der Waals surface area contributed by atoms with Crippen LogP contribution in [0.2, 0.25) is 0 Å². The van der Waals surface area contributed by atoms with Crippen LogP contribution in [-0.4, -0.2) is 25.2 Å². The lowest BCUT2D eigenvalue weighted by Crippen LogP contribution is -2.11. The van der Waals surface area contributed by atoms with Crippen LogP contribution in [-0.2, 0) is 19.1 Å². The lowest BCUT2D eigenvalue weighted by Gasteiger charge is -2.06. The summed E-state index contributed by atoms with van der Waals surface area (Å²) < 4.78 is 10.3. The summed E-state index contributed by atoms with van der Waals surface area (Å²) in [6.07, 6.45) is 30.5. The second-order valence-electron chi connectivity index (χ2n) is 10.4. The first-order valence-electron chi connectivity index (χ1n) is 15.5. The summed E-state index contributed by atoms with van der Waals surface area (Å²) in [7, 11) is 0. The highest BCUT2D eigenvalue weighted by Crippen LogP contribution is 2.15. The zero-order valence-corrected chi connectivity index (χ0v) is 23.7. The van der Waals surface area contributed by atoms with Gasteiger partial charge in [-0.3, -0.25) is 9.59 Å². The molecule has 4 nitrogen and oxygen atoms in total. The van der Waals surface area contributed by atoms with Gasteiger partial charge in [-0.1, -0.05) is 149 Å². The molecule has 0 aliphatic carbocycles. The summed E-state index contributed by atoms with van der Waals surface area (Å²) in [5.74, 6) is -0.579. The molecular weight excluding hydrogens is 436 g/mol. The van der Waals surface area contributed by atoms with Gasteiger partial charge in [-0.25, -0.2) is 0 Å².